The second kappa shape index (κ2) is 10.7. The minimum absolute atomic E-state index is 0.0423. The summed E-state index contributed by atoms with van der Waals surface area (Å²) in [5.41, 5.74) is 0.341. The van der Waals surface area contributed by atoms with E-state index in [9.17, 15) is 22.8 Å². The number of nitrogens with one attached hydrogen (secondary N) is 1. The third kappa shape index (κ3) is 6.17. The predicted molar refractivity (Wildman–Crippen MR) is 122 cm³/mol. The Hall–Kier alpha value is -3.33. The van der Waals surface area contributed by atoms with Crippen molar-refractivity contribution in [3.05, 3.63) is 77.9 Å². The molecule has 2 aromatic rings. The number of carbonyl (C=O) groups excluding carboxylic acids is 2. The monoisotopic (exact) mass is 475 g/mol. The smallest absolute Gasteiger partial charge is 0.416 e. The maximum Gasteiger partial charge on any atom is 0.416 e. The highest BCUT2D eigenvalue weighted by molar-refractivity contribution is 5.94. The van der Waals surface area contributed by atoms with Gasteiger partial charge >= 0.3 is 6.18 Å². The molecule has 2 atom stereocenters. The van der Waals surface area contributed by atoms with Gasteiger partial charge in [-0.1, -0.05) is 18.7 Å². The fourth-order valence-electron chi connectivity index (χ4n) is 3.97. The lowest BCUT2D eigenvalue weighted by Crippen LogP contribution is -2.54. The van der Waals surface area contributed by atoms with Gasteiger partial charge in [-0.15, -0.1) is 0 Å². The van der Waals surface area contributed by atoms with Gasteiger partial charge in [0.05, 0.1) is 5.56 Å². The van der Waals surface area contributed by atoms with Crippen LogP contribution in [0.4, 0.5) is 13.2 Å². The quantitative estimate of drug-likeness (QED) is 0.617. The van der Waals surface area contributed by atoms with Gasteiger partial charge in [0.25, 0.3) is 5.91 Å². The number of hydrogen-bond acceptors (Lipinski definition) is 4. The summed E-state index contributed by atoms with van der Waals surface area (Å²) in [5, 5.41) is 2.55. The minimum atomic E-state index is -4.42. The Morgan fingerprint density at radius 2 is 1.79 bits per heavy atom. The maximum atomic E-state index is 13.0. The first-order valence-corrected chi connectivity index (χ1v) is 10.9. The van der Waals surface area contributed by atoms with Crippen molar-refractivity contribution in [1.82, 2.24) is 15.1 Å². The van der Waals surface area contributed by atoms with Crippen molar-refractivity contribution in [2.45, 2.75) is 25.2 Å². The van der Waals surface area contributed by atoms with Crippen LogP contribution in [0.3, 0.4) is 0 Å². The molecule has 0 aromatic heterocycles. The van der Waals surface area contributed by atoms with Gasteiger partial charge in [0.2, 0.25) is 5.91 Å². The van der Waals surface area contributed by atoms with Gasteiger partial charge in [-0.2, -0.15) is 13.2 Å². The maximum absolute atomic E-state index is 13.0. The molecule has 0 saturated carbocycles. The van der Waals surface area contributed by atoms with Crippen LogP contribution in [0.1, 0.15) is 34.5 Å². The largest absolute Gasteiger partial charge is 0.484 e. The predicted octanol–water partition coefficient (Wildman–Crippen LogP) is 3.90. The van der Waals surface area contributed by atoms with Gasteiger partial charge in [0, 0.05) is 44.8 Å². The molecular weight excluding hydrogens is 447 g/mol. The van der Waals surface area contributed by atoms with Gasteiger partial charge in [-0.25, -0.2) is 0 Å². The summed E-state index contributed by atoms with van der Waals surface area (Å²) in [7, 11) is 1.54. The molecule has 182 valence electrons. The van der Waals surface area contributed by atoms with Gasteiger partial charge < -0.3 is 15.0 Å². The number of amides is 2. The standard InChI is InChI=1S/C25H28F3N3O3/c1-4-23(32)31-14-13-30(15-17(31)2)16-22(18-5-9-20(10-6-18)25(26,27)28)34-21-11-7-19(8-12-21)24(33)29-3/h4-12,17,22H,1,13-16H2,2-3H3,(H,29,33)/t17-,22-/m1/s1. The SMILES string of the molecule is C=CC(=O)N1CCN(C[C@@H](Oc2ccc(C(=O)NC)cc2)c2ccc(C(F)(F)F)cc2)C[C@H]1C. The van der Waals surface area contributed by atoms with Crippen LogP contribution in [0.25, 0.3) is 0 Å². The molecule has 3 rings (SSSR count). The van der Waals surface area contributed by atoms with E-state index in [1.54, 1.807) is 29.2 Å². The summed E-state index contributed by atoms with van der Waals surface area (Å²) in [6.45, 7) is 7.61. The molecule has 0 unspecified atom stereocenters. The first-order chi connectivity index (χ1) is 16.1. The Balaban J connectivity index is 1.80. The van der Waals surface area contributed by atoms with Crippen LogP contribution in [-0.4, -0.2) is 60.9 Å². The van der Waals surface area contributed by atoms with Gasteiger partial charge in [-0.3, -0.25) is 14.5 Å². The zero-order valence-electron chi connectivity index (χ0n) is 19.1. The molecule has 1 aliphatic heterocycles. The average Bonchev–Trinajstić information content (AvgIpc) is 2.82. The summed E-state index contributed by atoms with van der Waals surface area (Å²) in [6.07, 6.45) is -3.68. The Morgan fingerprint density at radius 1 is 1.15 bits per heavy atom. The fourth-order valence-corrected chi connectivity index (χ4v) is 3.97. The molecule has 1 heterocycles. The van der Waals surface area contributed by atoms with Crippen LogP contribution in [0.2, 0.25) is 0 Å². The number of hydrogen-bond donors (Lipinski definition) is 1. The van der Waals surface area contributed by atoms with E-state index in [4.69, 9.17) is 4.74 Å². The number of nitrogens with zero attached hydrogens (tertiary/aromatic N) is 2. The van der Waals surface area contributed by atoms with Crippen LogP contribution in [0.5, 0.6) is 5.75 Å². The molecule has 1 fully saturated rings. The molecule has 1 saturated heterocycles. The molecule has 0 aliphatic carbocycles. The topological polar surface area (TPSA) is 61.9 Å². The van der Waals surface area contributed by atoms with E-state index >= 15 is 0 Å². The number of carbonyl (C=O) groups is 2. The third-order valence-corrected chi connectivity index (χ3v) is 5.83. The van der Waals surface area contributed by atoms with Crippen LogP contribution >= 0.6 is 0 Å². The van der Waals surface area contributed by atoms with Crippen molar-refractivity contribution in [2.75, 3.05) is 33.2 Å². The molecule has 0 spiro atoms. The summed E-state index contributed by atoms with van der Waals surface area (Å²) in [4.78, 5) is 27.7. The van der Waals surface area contributed by atoms with E-state index in [-0.39, 0.29) is 17.9 Å². The Labute approximate surface area is 197 Å². The fraction of sp³-hybridized carbons (Fsp3) is 0.360. The van der Waals surface area contributed by atoms with E-state index in [2.05, 4.69) is 16.8 Å². The molecule has 2 amide bonds. The summed E-state index contributed by atoms with van der Waals surface area (Å²) >= 11 is 0. The lowest BCUT2D eigenvalue weighted by atomic mass is 10.0. The molecule has 6 nitrogen and oxygen atoms in total. The van der Waals surface area contributed by atoms with Crippen molar-refractivity contribution < 1.29 is 27.5 Å². The highest BCUT2D eigenvalue weighted by Gasteiger charge is 2.31. The summed E-state index contributed by atoms with van der Waals surface area (Å²) < 4.78 is 45.3. The molecule has 0 bridgehead atoms. The highest BCUT2D eigenvalue weighted by Crippen LogP contribution is 2.31. The Kier molecular flexibility index (Phi) is 7.98. The van der Waals surface area contributed by atoms with Gasteiger partial charge in [0.1, 0.15) is 11.9 Å². The number of halogens is 3. The van der Waals surface area contributed by atoms with Crippen LogP contribution in [0, 0.1) is 0 Å². The zero-order valence-corrected chi connectivity index (χ0v) is 19.1. The summed E-state index contributed by atoms with van der Waals surface area (Å²) in [5.74, 6) is 0.136. The van der Waals surface area contributed by atoms with E-state index in [1.807, 2.05) is 6.92 Å². The highest BCUT2D eigenvalue weighted by atomic mass is 19.4. The number of piperazine rings is 1. The Morgan fingerprint density at radius 3 is 2.32 bits per heavy atom. The minimum Gasteiger partial charge on any atom is -0.484 e. The molecule has 9 heteroatoms. The van der Waals surface area contributed by atoms with E-state index in [1.165, 1.54) is 25.3 Å². The molecule has 2 aromatic carbocycles. The van der Waals surface area contributed by atoms with Gasteiger partial charge in [0.15, 0.2) is 0 Å². The average molecular weight is 476 g/mol. The van der Waals surface area contributed by atoms with Crippen LogP contribution in [-0.2, 0) is 11.0 Å². The number of alkyl halides is 3. The normalized spacial score (nSPS) is 17.7. The molecule has 0 radical (unpaired) electrons. The van der Waals surface area contributed by atoms with Crippen molar-refractivity contribution in [3.8, 4) is 5.75 Å². The lowest BCUT2D eigenvalue weighted by molar-refractivity contribution is -0.137. The second-order valence-electron chi connectivity index (χ2n) is 8.17. The molecule has 1 aliphatic rings. The van der Waals surface area contributed by atoms with E-state index in [0.717, 1.165) is 12.1 Å². The van der Waals surface area contributed by atoms with Crippen molar-refractivity contribution in [2.24, 2.45) is 0 Å². The molecule has 1 N–H and O–H groups in total. The number of rotatable bonds is 7. The first kappa shape index (κ1) is 25.3. The van der Waals surface area contributed by atoms with Crippen LogP contribution in [0.15, 0.2) is 61.2 Å². The number of benzene rings is 2. The van der Waals surface area contributed by atoms with Crippen molar-refractivity contribution >= 4 is 11.8 Å². The number of ether oxygens (including phenoxy) is 1. The van der Waals surface area contributed by atoms with E-state index in [0.29, 0.717) is 43.1 Å². The van der Waals surface area contributed by atoms with Crippen molar-refractivity contribution in [1.29, 1.82) is 0 Å². The second-order valence-corrected chi connectivity index (χ2v) is 8.17. The van der Waals surface area contributed by atoms with Crippen molar-refractivity contribution in [3.63, 3.8) is 0 Å². The zero-order chi connectivity index (χ0) is 24.9. The Bertz CT molecular complexity index is 1010. The van der Waals surface area contributed by atoms with Gasteiger partial charge in [-0.05, 0) is 55.0 Å². The molecule has 34 heavy (non-hydrogen) atoms. The lowest BCUT2D eigenvalue weighted by Gasteiger charge is -2.40. The molecular formula is C25H28F3N3O3. The van der Waals surface area contributed by atoms with E-state index < -0.39 is 17.8 Å². The first-order valence-electron chi connectivity index (χ1n) is 10.9. The third-order valence-electron chi connectivity index (χ3n) is 5.83. The summed E-state index contributed by atoms with van der Waals surface area (Å²) in [6, 6.07) is 11.5. The van der Waals surface area contributed by atoms with Crippen LogP contribution < -0.4 is 10.1 Å².